The monoisotopic (exact) mass is 345 g/mol. The molecule has 1 aromatic heterocycles. The summed E-state index contributed by atoms with van der Waals surface area (Å²) in [5, 5.41) is 10.8. The molecule has 0 spiro atoms. The lowest BCUT2D eigenvalue weighted by Crippen LogP contribution is -2.40. The highest BCUT2D eigenvalue weighted by molar-refractivity contribution is 5.79. The summed E-state index contributed by atoms with van der Waals surface area (Å²) in [6, 6.07) is 6.73. The summed E-state index contributed by atoms with van der Waals surface area (Å²) in [6.45, 7) is 11.0. The molecule has 1 aromatic carbocycles. The number of guanidine groups is 1. The Hall–Kier alpha value is -2.37. The van der Waals surface area contributed by atoms with Crippen LogP contribution in [0.4, 0.5) is 4.39 Å². The van der Waals surface area contributed by atoms with Gasteiger partial charge in [0.25, 0.3) is 0 Å². The van der Waals surface area contributed by atoms with E-state index in [1.165, 1.54) is 6.07 Å². The Balaban J connectivity index is 1.95. The van der Waals surface area contributed by atoms with Crippen molar-refractivity contribution < 1.29 is 4.39 Å². The third kappa shape index (κ3) is 5.89. The van der Waals surface area contributed by atoms with E-state index in [2.05, 4.69) is 34.6 Å². The van der Waals surface area contributed by atoms with E-state index in [0.29, 0.717) is 6.54 Å². The first-order valence-corrected chi connectivity index (χ1v) is 8.68. The molecule has 0 aliphatic heterocycles. The number of aromatic nitrogens is 2. The molecule has 0 atom stereocenters. The summed E-state index contributed by atoms with van der Waals surface area (Å²) in [5.74, 6) is 0.546. The van der Waals surface area contributed by atoms with E-state index in [1.54, 1.807) is 12.1 Å². The predicted molar refractivity (Wildman–Crippen MR) is 100 cm³/mol. The van der Waals surface area contributed by atoms with Crippen molar-refractivity contribution in [1.82, 2.24) is 20.4 Å². The second-order valence-corrected chi connectivity index (χ2v) is 6.80. The quantitative estimate of drug-likeness (QED) is 0.599. The topological polar surface area (TPSA) is 54.2 Å². The number of hydrogen-bond acceptors (Lipinski definition) is 2. The summed E-state index contributed by atoms with van der Waals surface area (Å²) in [4.78, 5) is 4.67. The van der Waals surface area contributed by atoms with Crippen LogP contribution in [0.15, 0.2) is 41.7 Å². The standard InChI is InChI=1S/C19H28FN5/c1-5-21-18(22-9-10-25-13-15(2)12-24-25)23-14-19(3,4)16-7-6-8-17(20)11-16/h6-8,11-13H,5,9-10,14H2,1-4H3,(H2,21,22,23). The highest BCUT2D eigenvalue weighted by Gasteiger charge is 2.21. The van der Waals surface area contributed by atoms with E-state index in [0.717, 1.165) is 36.7 Å². The second-order valence-electron chi connectivity index (χ2n) is 6.80. The molecule has 5 nitrogen and oxygen atoms in total. The molecule has 2 aromatic rings. The van der Waals surface area contributed by atoms with Gasteiger partial charge in [0.2, 0.25) is 0 Å². The predicted octanol–water partition coefficient (Wildman–Crippen LogP) is 2.86. The van der Waals surface area contributed by atoms with Crippen molar-refractivity contribution in [2.75, 3.05) is 19.6 Å². The van der Waals surface area contributed by atoms with Gasteiger partial charge in [-0.15, -0.1) is 0 Å². The number of halogens is 1. The lowest BCUT2D eigenvalue weighted by molar-refractivity contribution is 0.528. The average molecular weight is 345 g/mol. The average Bonchev–Trinajstić information content (AvgIpc) is 2.98. The van der Waals surface area contributed by atoms with Crippen LogP contribution >= 0.6 is 0 Å². The van der Waals surface area contributed by atoms with E-state index in [4.69, 9.17) is 0 Å². The van der Waals surface area contributed by atoms with Crippen LogP contribution in [0.3, 0.4) is 0 Å². The zero-order chi connectivity index (χ0) is 18.3. The van der Waals surface area contributed by atoms with E-state index in [1.807, 2.05) is 37.0 Å². The van der Waals surface area contributed by atoms with E-state index >= 15 is 0 Å². The van der Waals surface area contributed by atoms with Crippen molar-refractivity contribution in [3.63, 3.8) is 0 Å². The van der Waals surface area contributed by atoms with Gasteiger partial charge in [-0.3, -0.25) is 9.67 Å². The van der Waals surface area contributed by atoms with Gasteiger partial charge in [-0.05, 0) is 37.1 Å². The van der Waals surface area contributed by atoms with Crippen LogP contribution in [0, 0.1) is 12.7 Å². The number of hydrogen-bond donors (Lipinski definition) is 2. The number of rotatable bonds is 7. The normalized spacial score (nSPS) is 12.3. The van der Waals surface area contributed by atoms with Gasteiger partial charge >= 0.3 is 0 Å². The fraction of sp³-hybridized carbons (Fsp3) is 0.474. The van der Waals surface area contributed by atoms with Crippen molar-refractivity contribution in [1.29, 1.82) is 0 Å². The number of benzene rings is 1. The number of nitrogens with one attached hydrogen (secondary N) is 2. The molecule has 0 saturated heterocycles. The molecular weight excluding hydrogens is 317 g/mol. The maximum Gasteiger partial charge on any atom is 0.191 e. The lowest BCUT2D eigenvalue weighted by Gasteiger charge is -2.24. The maximum atomic E-state index is 13.5. The summed E-state index contributed by atoms with van der Waals surface area (Å²) in [6.07, 6.45) is 3.86. The first-order chi connectivity index (χ1) is 11.9. The zero-order valence-corrected chi connectivity index (χ0v) is 15.5. The van der Waals surface area contributed by atoms with Crippen molar-refractivity contribution in [2.45, 2.75) is 39.7 Å². The minimum atomic E-state index is -0.246. The summed E-state index contributed by atoms with van der Waals surface area (Å²) in [7, 11) is 0. The van der Waals surface area contributed by atoms with Crippen LogP contribution in [0.2, 0.25) is 0 Å². The molecule has 0 aliphatic rings. The van der Waals surface area contributed by atoms with Crippen LogP contribution in [-0.2, 0) is 12.0 Å². The number of aliphatic imine (C=N–C) groups is 1. The smallest absolute Gasteiger partial charge is 0.191 e. The fourth-order valence-corrected chi connectivity index (χ4v) is 2.50. The molecule has 2 N–H and O–H groups in total. The van der Waals surface area contributed by atoms with E-state index < -0.39 is 0 Å². The molecule has 0 amide bonds. The van der Waals surface area contributed by atoms with Crippen molar-refractivity contribution in [3.05, 3.63) is 53.6 Å². The highest BCUT2D eigenvalue weighted by Crippen LogP contribution is 2.24. The van der Waals surface area contributed by atoms with Crippen LogP contribution < -0.4 is 10.6 Å². The van der Waals surface area contributed by atoms with Crippen LogP contribution in [0.1, 0.15) is 31.9 Å². The van der Waals surface area contributed by atoms with Gasteiger partial charge < -0.3 is 10.6 Å². The largest absolute Gasteiger partial charge is 0.357 e. The molecule has 0 saturated carbocycles. The van der Waals surface area contributed by atoms with Gasteiger partial charge in [-0.25, -0.2) is 4.39 Å². The summed E-state index contributed by atoms with van der Waals surface area (Å²) < 4.78 is 15.4. The van der Waals surface area contributed by atoms with Crippen LogP contribution in [0.5, 0.6) is 0 Å². The van der Waals surface area contributed by atoms with Gasteiger partial charge in [0.15, 0.2) is 5.96 Å². The van der Waals surface area contributed by atoms with Gasteiger partial charge in [0.05, 0.1) is 19.3 Å². The number of nitrogens with zero attached hydrogens (tertiary/aromatic N) is 3. The fourth-order valence-electron chi connectivity index (χ4n) is 2.50. The van der Waals surface area contributed by atoms with Gasteiger partial charge in [0.1, 0.15) is 5.82 Å². The minimum absolute atomic E-state index is 0.214. The molecule has 0 radical (unpaired) electrons. The molecule has 1 heterocycles. The maximum absolute atomic E-state index is 13.5. The SMILES string of the molecule is CCNC(=NCC(C)(C)c1cccc(F)c1)NCCn1cc(C)cn1. The summed E-state index contributed by atoms with van der Waals surface area (Å²) in [5.41, 5.74) is 1.85. The molecule has 2 rings (SSSR count). The van der Waals surface area contributed by atoms with Crippen molar-refractivity contribution in [2.24, 2.45) is 4.99 Å². The Morgan fingerprint density at radius 3 is 2.76 bits per heavy atom. The third-order valence-corrected chi connectivity index (χ3v) is 3.98. The first kappa shape index (κ1) is 19.0. The Labute approximate surface area is 149 Å². The highest BCUT2D eigenvalue weighted by atomic mass is 19.1. The van der Waals surface area contributed by atoms with Gasteiger partial charge in [-0.2, -0.15) is 5.10 Å². The Morgan fingerprint density at radius 1 is 1.32 bits per heavy atom. The third-order valence-electron chi connectivity index (χ3n) is 3.98. The van der Waals surface area contributed by atoms with Crippen molar-refractivity contribution in [3.8, 4) is 0 Å². The Bertz CT molecular complexity index is 705. The minimum Gasteiger partial charge on any atom is -0.357 e. The molecule has 136 valence electrons. The summed E-state index contributed by atoms with van der Waals surface area (Å²) >= 11 is 0. The first-order valence-electron chi connectivity index (χ1n) is 8.68. The molecule has 6 heteroatoms. The Kier molecular flexibility index (Phi) is 6.56. The number of aryl methyl sites for hydroxylation is 1. The van der Waals surface area contributed by atoms with Crippen molar-refractivity contribution >= 4 is 5.96 Å². The zero-order valence-electron chi connectivity index (χ0n) is 15.5. The molecule has 0 bridgehead atoms. The van der Waals surface area contributed by atoms with Gasteiger partial charge in [-0.1, -0.05) is 26.0 Å². The second kappa shape index (κ2) is 8.65. The molecular formula is C19H28FN5. The molecule has 0 unspecified atom stereocenters. The lowest BCUT2D eigenvalue weighted by atomic mass is 9.85. The van der Waals surface area contributed by atoms with E-state index in [9.17, 15) is 4.39 Å². The Morgan fingerprint density at radius 2 is 2.12 bits per heavy atom. The van der Waals surface area contributed by atoms with Gasteiger partial charge in [0, 0.05) is 24.7 Å². The molecule has 25 heavy (non-hydrogen) atoms. The van der Waals surface area contributed by atoms with E-state index in [-0.39, 0.29) is 11.2 Å². The van der Waals surface area contributed by atoms with Crippen LogP contribution in [0.25, 0.3) is 0 Å². The molecule has 0 aliphatic carbocycles. The molecule has 0 fully saturated rings. The van der Waals surface area contributed by atoms with Crippen LogP contribution in [-0.4, -0.2) is 35.4 Å².